The van der Waals surface area contributed by atoms with Crippen LogP contribution in [0.2, 0.25) is 0 Å². The van der Waals surface area contributed by atoms with Crippen LogP contribution in [0.1, 0.15) is 59.6 Å². The molecule has 7 aromatic rings. The number of carbonyl (C=O) groups excluding carboxylic acids is 6. The number of non-ortho nitro benzene ring substituents is 1. The van der Waals surface area contributed by atoms with Gasteiger partial charge in [0.15, 0.2) is 0 Å². The number of nitrogens with zero attached hydrogens (tertiary/aromatic N) is 1. The number of rotatable bonds is 19. The first-order valence-corrected chi connectivity index (χ1v) is 24.0. The van der Waals surface area contributed by atoms with Crippen molar-refractivity contribution >= 4 is 47.3 Å². The standard InChI is InChI=1S/C58H52N6O11/c1-37(59-53(66)38(2)60-56(69)73-36-50-48-24-14-12-22-46(48)47-23-13-15-25-49(47)50)54(67)62-51(55(68)61-43-28-26-39(27-29-43)35-74-57(70)75-45-32-30-44(31-33-45)64(71)72)34-52(65)63-58(40-16-6-3-7-17-40,41-18-8-4-9-19-41)42-20-10-5-11-21-42/h3-33,37-38,50-51H,34-36H2,1-2H3,(H,59,66)(H,60,69)(H,61,68)(H,62,67)(H,63,65)/t37-,38+,51+/m1/s1. The molecule has 7 aromatic carbocycles. The van der Waals surface area contributed by atoms with E-state index in [2.05, 4.69) is 26.6 Å². The first-order chi connectivity index (χ1) is 36.3. The molecule has 0 bridgehead atoms. The first-order valence-electron chi connectivity index (χ1n) is 24.0. The SMILES string of the molecule is C[C@H](NC(=O)OCC1c2ccccc2-c2ccccc21)C(=O)N[C@H](C)C(=O)N[C@@H](CC(=O)NC(c1ccccc1)(c1ccccc1)c1ccccc1)C(=O)Nc1ccc(COC(=O)Oc2ccc([N+](=O)[O-])cc2)cc1. The smallest absolute Gasteiger partial charge is 0.449 e. The topological polar surface area (TPSA) is 233 Å². The van der Waals surface area contributed by atoms with Crippen LogP contribution in [0.3, 0.4) is 0 Å². The molecular weight excluding hydrogens is 957 g/mol. The molecular formula is C58H52N6O11. The molecule has 0 saturated carbocycles. The van der Waals surface area contributed by atoms with Crippen LogP contribution in [-0.4, -0.2) is 65.5 Å². The van der Waals surface area contributed by atoms with E-state index in [1.165, 1.54) is 50.2 Å². The van der Waals surface area contributed by atoms with Crippen LogP contribution < -0.4 is 31.3 Å². The average molecular weight is 1010 g/mol. The van der Waals surface area contributed by atoms with Crippen molar-refractivity contribution in [1.82, 2.24) is 21.3 Å². The number of nitrogens with one attached hydrogen (secondary N) is 5. The lowest BCUT2D eigenvalue weighted by Gasteiger charge is -2.37. The highest BCUT2D eigenvalue weighted by Crippen LogP contribution is 2.44. The number of hydrogen-bond acceptors (Lipinski definition) is 11. The van der Waals surface area contributed by atoms with Crippen molar-refractivity contribution in [3.8, 4) is 16.9 Å². The second-order valence-electron chi connectivity index (χ2n) is 17.7. The number of hydrogen-bond donors (Lipinski definition) is 5. The van der Waals surface area contributed by atoms with Gasteiger partial charge in [-0.25, -0.2) is 9.59 Å². The van der Waals surface area contributed by atoms with Gasteiger partial charge in [-0.15, -0.1) is 0 Å². The molecule has 0 fully saturated rings. The molecule has 0 aliphatic heterocycles. The molecule has 8 rings (SSSR count). The number of ether oxygens (including phenoxy) is 3. The second-order valence-corrected chi connectivity index (χ2v) is 17.7. The zero-order valence-corrected chi connectivity index (χ0v) is 40.8. The van der Waals surface area contributed by atoms with Gasteiger partial charge in [0.05, 0.1) is 11.3 Å². The Morgan fingerprint density at radius 1 is 0.573 bits per heavy atom. The number of alkyl carbamates (subject to hydrolysis) is 1. The van der Waals surface area contributed by atoms with Gasteiger partial charge in [-0.05, 0) is 82.6 Å². The molecule has 3 atom stereocenters. The van der Waals surface area contributed by atoms with Crippen molar-refractivity contribution < 1.29 is 47.9 Å². The summed E-state index contributed by atoms with van der Waals surface area (Å²) in [5, 5.41) is 24.7. The van der Waals surface area contributed by atoms with Gasteiger partial charge in [0.2, 0.25) is 23.6 Å². The van der Waals surface area contributed by atoms with Crippen molar-refractivity contribution in [2.24, 2.45) is 0 Å². The fraction of sp³-hybridized carbons (Fsp3) is 0.172. The minimum atomic E-state index is -1.51. The third-order valence-corrected chi connectivity index (χ3v) is 12.6. The van der Waals surface area contributed by atoms with Crippen molar-refractivity contribution in [2.75, 3.05) is 11.9 Å². The molecule has 5 N–H and O–H groups in total. The maximum absolute atomic E-state index is 14.6. The fourth-order valence-corrected chi connectivity index (χ4v) is 8.84. The quantitative estimate of drug-likeness (QED) is 0.0169. The fourth-order valence-electron chi connectivity index (χ4n) is 8.84. The lowest BCUT2D eigenvalue weighted by molar-refractivity contribution is -0.384. The minimum absolute atomic E-state index is 0.0238. The van der Waals surface area contributed by atoms with Crippen molar-refractivity contribution in [2.45, 2.75) is 56.5 Å². The lowest BCUT2D eigenvalue weighted by Crippen LogP contribution is -2.56. The van der Waals surface area contributed by atoms with Crippen LogP contribution in [0.4, 0.5) is 21.0 Å². The maximum Gasteiger partial charge on any atom is 0.514 e. The van der Waals surface area contributed by atoms with Crippen LogP contribution in [0.25, 0.3) is 11.1 Å². The largest absolute Gasteiger partial charge is 0.514 e. The summed E-state index contributed by atoms with van der Waals surface area (Å²) in [5.74, 6) is -3.07. The molecule has 0 unspecified atom stereocenters. The van der Waals surface area contributed by atoms with Crippen LogP contribution in [0, 0.1) is 10.1 Å². The van der Waals surface area contributed by atoms with Crippen LogP contribution in [0.5, 0.6) is 5.75 Å². The Hall–Kier alpha value is -9.64. The number of anilines is 1. The van der Waals surface area contributed by atoms with Crippen molar-refractivity contribution in [1.29, 1.82) is 0 Å². The Labute approximate surface area is 431 Å². The predicted octanol–water partition coefficient (Wildman–Crippen LogP) is 8.66. The normalized spacial score (nSPS) is 12.8. The van der Waals surface area contributed by atoms with Crippen molar-refractivity contribution in [3.63, 3.8) is 0 Å². The molecule has 17 heteroatoms. The maximum atomic E-state index is 14.6. The van der Waals surface area contributed by atoms with E-state index in [-0.39, 0.29) is 36.3 Å². The van der Waals surface area contributed by atoms with Crippen molar-refractivity contribution in [3.05, 3.63) is 232 Å². The van der Waals surface area contributed by atoms with Gasteiger partial charge in [-0.1, -0.05) is 152 Å². The predicted molar refractivity (Wildman–Crippen MR) is 278 cm³/mol. The number of fused-ring (bicyclic) bond motifs is 3. The molecule has 0 aromatic heterocycles. The molecule has 0 saturated heterocycles. The van der Waals surface area contributed by atoms with Gasteiger partial charge in [0.1, 0.15) is 42.6 Å². The van der Waals surface area contributed by atoms with E-state index in [0.29, 0.717) is 5.56 Å². The van der Waals surface area contributed by atoms with E-state index in [1.807, 2.05) is 140 Å². The van der Waals surface area contributed by atoms with E-state index >= 15 is 0 Å². The molecule has 17 nitrogen and oxygen atoms in total. The Balaban J connectivity index is 0.944. The van der Waals surface area contributed by atoms with E-state index in [4.69, 9.17) is 14.2 Å². The molecule has 5 amide bonds. The van der Waals surface area contributed by atoms with Crippen LogP contribution >= 0.6 is 0 Å². The summed E-state index contributed by atoms with van der Waals surface area (Å²) in [7, 11) is 0. The molecule has 1 aliphatic carbocycles. The number of carbonyl (C=O) groups is 6. The van der Waals surface area contributed by atoms with Gasteiger partial charge in [0.25, 0.3) is 5.69 Å². The lowest BCUT2D eigenvalue weighted by atomic mass is 9.77. The zero-order valence-electron chi connectivity index (χ0n) is 40.8. The molecule has 75 heavy (non-hydrogen) atoms. The summed E-state index contributed by atoms with van der Waals surface area (Å²) in [6.45, 7) is 2.63. The summed E-state index contributed by atoms with van der Waals surface area (Å²) in [5.41, 5.74) is 5.67. The highest BCUT2D eigenvalue weighted by atomic mass is 16.7. The van der Waals surface area contributed by atoms with Crippen LogP contribution in [-0.2, 0) is 40.8 Å². The Kier molecular flexibility index (Phi) is 16.4. The summed E-state index contributed by atoms with van der Waals surface area (Å²) in [6.07, 6.45) is -2.45. The molecule has 0 heterocycles. The second kappa shape index (κ2) is 23.7. The minimum Gasteiger partial charge on any atom is -0.449 e. The first kappa shape index (κ1) is 51.7. The van der Waals surface area contributed by atoms with Gasteiger partial charge in [-0.2, -0.15) is 0 Å². The third-order valence-electron chi connectivity index (χ3n) is 12.6. The summed E-state index contributed by atoms with van der Waals surface area (Å²) in [4.78, 5) is 92.1. The van der Waals surface area contributed by atoms with Gasteiger partial charge < -0.3 is 40.8 Å². The Morgan fingerprint density at radius 3 is 1.60 bits per heavy atom. The van der Waals surface area contributed by atoms with Crippen LogP contribution in [0.15, 0.2) is 188 Å². The summed E-state index contributed by atoms with van der Waals surface area (Å²) in [6, 6.07) is 51.0. The highest BCUT2D eigenvalue weighted by molar-refractivity contribution is 6.01. The summed E-state index contributed by atoms with van der Waals surface area (Å²) < 4.78 is 15.9. The molecule has 0 radical (unpaired) electrons. The van der Waals surface area contributed by atoms with Gasteiger partial charge >= 0.3 is 12.2 Å². The number of benzene rings is 7. The van der Waals surface area contributed by atoms with Gasteiger partial charge in [-0.3, -0.25) is 29.3 Å². The van der Waals surface area contributed by atoms with E-state index in [0.717, 1.165) is 38.9 Å². The van der Waals surface area contributed by atoms with E-state index in [1.54, 1.807) is 12.1 Å². The number of nitro groups is 1. The average Bonchev–Trinajstić information content (AvgIpc) is 3.75. The number of amides is 5. The summed E-state index contributed by atoms with van der Waals surface area (Å²) >= 11 is 0. The number of nitro benzene ring substituents is 1. The van der Waals surface area contributed by atoms with E-state index in [9.17, 15) is 38.9 Å². The van der Waals surface area contributed by atoms with Gasteiger partial charge in [0, 0.05) is 23.7 Å². The zero-order chi connectivity index (χ0) is 52.9. The van der Waals surface area contributed by atoms with E-state index < -0.39 is 70.9 Å². The molecule has 380 valence electrons. The highest BCUT2D eigenvalue weighted by Gasteiger charge is 2.39. The Morgan fingerprint density at radius 2 is 1.07 bits per heavy atom. The molecule has 0 spiro atoms. The molecule has 1 aliphatic rings. The third kappa shape index (κ3) is 12.5. The monoisotopic (exact) mass is 1010 g/mol. The Bertz CT molecular complexity index is 3030.